The molecular formula is C20H17F3N2O7S. The number of fused-ring (bicyclic) bond motifs is 1. The van der Waals surface area contributed by atoms with Crippen molar-refractivity contribution in [1.29, 1.82) is 0 Å². The van der Waals surface area contributed by atoms with Gasteiger partial charge in [0.1, 0.15) is 5.39 Å². The van der Waals surface area contributed by atoms with Crippen LogP contribution in [0.15, 0.2) is 41.2 Å². The Morgan fingerprint density at radius 2 is 1.76 bits per heavy atom. The van der Waals surface area contributed by atoms with Crippen molar-refractivity contribution in [2.24, 2.45) is 7.05 Å². The fraction of sp³-hybridized carbons (Fsp3) is 0.250. The maximum Gasteiger partial charge on any atom is 0.534 e. The van der Waals surface area contributed by atoms with Crippen LogP contribution in [0.3, 0.4) is 0 Å². The summed E-state index contributed by atoms with van der Waals surface area (Å²) < 4.78 is 67.9. The Balaban J connectivity index is 2.31. The number of hydrogen-bond donors (Lipinski definition) is 1. The molecule has 3 aromatic rings. The number of aryl methyl sites for hydroxylation is 2. The van der Waals surface area contributed by atoms with Gasteiger partial charge < -0.3 is 18.4 Å². The average molecular weight is 486 g/mol. The third kappa shape index (κ3) is 4.23. The van der Waals surface area contributed by atoms with E-state index in [0.29, 0.717) is 0 Å². The van der Waals surface area contributed by atoms with Crippen LogP contribution in [0.5, 0.6) is 5.75 Å². The number of nitrogens with zero attached hydrogens (tertiary/aromatic N) is 2. The van der Waals surface area contributed by atoms with Crippen molar-refractivity contribution in [3.05, 3.63) is 63.7 Å². The predicted octanol–water partition coefficient (Wildman–Crippen LogP) is 2.71. The number of alkyl halides is 3. The highest BCUT2D eigenvalue weighted by Gasteiger charge is 2.49. The maximum absolute atomic E-state index is 13.3. The first-order valence-electron chi connectivity index (χ1n) is 9.37. The van der Waals surface area contributed by atoms with E-state index in [2.05, 4.69) is 4.18 Å². The highest BCUT2D eigenvalue weighted by molar-refractivity contribution is 7.88. The van der Waals surface area contributed by atoms with Gasteiger partial charge in [-0.3, -0.25) is 9.59 Å². The fourth-order valence-electron chi connectivity index (χ4n) is 3.36. The molecule has 1 aromatic carbocycles. The summed E-state index contributed by atoms with van der Waals surface area (Å²) in [5.41, 5.74) is -7.52. The normalized spacial score (nSPS) is 12.2. The molecule has 9 nitrogen and oxygen atoms in total. The molecule has 3 rings (SSSR count). The number of rotatable bonds is 7. The molecule has 0 aliphatic rings. The van der Waals surface area contributed by atoms with E-state index in [1.54, 1.807) is 25.1 Å². The highest BCUT2D eigenvalue weighted by atomic mass is 32.2. The smallest absolute Gasteiger partial charge is 0.476 e. The summed E-state index contributed by atoms with van der Waals surface area (Å²) in [7, 11) is -5.15. The Kier molecular flexibility index (Phi) is 6.11. The van der Waals surface area contributed by atoms with Crippen molar-refractivity contribution in [2.45, 2.75) is 25.4 Å². The van der Waals surface area contributed by atoms with Crippen LogP contribution in [-0.2, 0) is 30.1 Å². The number of hydrogen-bond acceptors (Lipinski definition) is 6. The Hall–Kier alpha value is -3.61. The van der Waals surface area contributed by atoms with E-state index in [1.165, 1.54) is 18.2 Å². The van der Waals surface area contributed by atoms with Gasteiger partial charge in [-0.05, 0) is 12.5 Å². The van der Waals surface area contributed by atoms with E-state index in [9.17, 15) is 41.1 Å². The first-order valence-corrected chi connectivity index (χ1v) is 10.8. The van der Waals surface area contributed by atoms with E-state index in [4.69, 9.17) is 0 Å². The molecule has 0 aliphatic carbocycles. The molecule has 0 atom stereocenters. The Morgan fingerprint density at radius 1 is 1.15 bits per heavy atom. The Labute approximate surface area is 184 Å². The maximum atomic E-state index is 13.3. The number of carbonyl (C=O) groups excluding carboxylic acids is 1. The van der Waals surface area contributed by atoms with Crippen molar-refractivity contribution in [1.82, 2.24) is 9.13 Å². The first kappa shape index (κ1) is 24.0. The number of benzene rings is 1. The van der Waals surface area contributed by atoms with Crippen LogP contribution in [-0.4, -0.2) is 39.9 Å². The van der Waals surface area contributed by atoms with Gasteiger partial charge in [0.2, 0.25) is 0 Å². The van der Waals surface area contributed by atoms with Gasteiger partial charge >= 0.3 is 21.6 Å². The number of aromatic nitrogens is 2. The van der Waals surface area contributed by atoms with Crippen LogP contribution in [0.4, 0.5) is 13.2 Å². The molecule has 13 heteroatoms. The number of carboxylic acid groups (broad SMARTS) is 1. The van der Waals surface area contributed by atoms with Gasteiger partial charge in [0.15, 0.2) is 17.2 Å². The summed E-state index contributed by atoms with van der Waals surface area (Å²) in [5, 5.41) is 8.78. The number of ketones is 1. The molecule has 1 N–H and O–H groups in total. The number of carbonyl (C=O) groups is 2. The third-order valence-corrected chi connectivity index (χ3v) is 5.90. The van der Waals surface area contributed by atoms with Gasteiger partial charge in [-0.2, -0.15) is 21.6 Å². The number of pyridine rings is 1. The molecule has 2 heterocycles. The third-order valence-electron chi connectivity index (χ3n) is 4.94. The highest BCUT2D eigenvalue weighted by Crippen LogP contribution is 2.35. The largest absolute Gasteiger partial charge is 0.534 e. The lowest BCUT2D eigenvalue weighted by Crippen LogP contribution is -2.30. The minimum absolute atomic E-state index is 0.162. The van der Waals surface area contributed by atoms with Crippen molar-refractivity contribution >= 4 is 32.8 Å². The molecule has 176 valence electrons. The summed E-state index contributed by atoms with van der Waals surface area (Å²) >= 11 is 0. The molecule has 0 saturated carbocycles. The Morgan fingerprint density at radius 3 is 2.27 bits per heavy atom. The molecule has 0 spiro atoms. The lowest BCUT2D eigenvalue weighted by molar-refractivity contribution is -0.0500. The predicted molar refractivity (Wildman–Crippen MR) is 110 cm³/mol. The van der Waals surface area contributed by atoms with Crippen LogP contribution in [0.25, 0.3) is 10.9 Å². The summed E-state index contributed by atoms with van der Waals surface area (Å²) in [6, 6.07) is 9.19. The molecule has 33 heavy (non-hydrogen) atoms. The standard InChI is InChI=1S/C20H17F3N2O7S/c1-3-12-9-13-15(18(27)25(12)10-14(26)11-7-5-4-6-8-11)17(16(19(28)29)24(13)2)32-33(30,31)20(21,22)23/h4-9H,3,10H2,1-2H3,(H,28,29). The van der Waals surface area contributed by atoms with Crippen LogP contribution in [0, 0.1) is 0 Å². The lowest BCUT2D eigenvalue weighted by atomic mass is 10.1. The second-order valence-electron chi connectivity index (χ2n) is 6.96. The van der Waals surface area contributed by atoms with Crippen LogP contribution in [0.2, 0.25) is 0 Å². The molecule has 0 aliphatic heterocycles. The van der Waals surface area contributed by atoms with Gasteiger partial charge in [-0.15, -0.1) is 0 Å². The van der Waals surface area contributed by atoms with Gasteiger partial charge in [0.05, 0.1) is 12.1 Å². The SMILES string of the molecule is CCc1cc2c(c(OS(=O)(=O)C(F)(F)F)c(C(=O)O)n2C)c(=O)n1CC(=O)c1ccccc1. The van der Waals surface area contributed by atoms with E-state index < -0.39 is 56.3 Å². The van der Waals surface area contributed by atoms with E-state index >= 15 is 0 Å². The molecule has 0 bridgehead atoms. The molecule has 2 aromatic heterocycles. The molecule has 0 radical (unpaired) electrons. The van der Waals surface area contributed by atoms with Crippen LogP contribution < -0.4 is 9.74 Å². The van der Waals surface area contributed by atoms with Crippen molar-refractivity contribution in [3.8, 4) is 5.75 Å². The zero-order valence-corrected chi connectivity index (χ0v) is 18.0. The molecular weight excluding hydrogens is 469 g/mol. The fourth-order valence-corrected chi connectivity index (χ4v) is 3.83. The van der Waals surface area contributed by atoms with E-state index in [-0.39, 0.29) is 23.2 Å². The van der Waals surface area contributed by atoms with Gasteiger partial charge in [0.25, 0.3) is 5.56 Å². The molecule has 0 amide bonds. The van der Waals surface area contributed by atoms with Gasteiger partial charge in [0, 0.05) is 18.3 Å². The minimum atomic E-state index is -6.29. The summed E-state index contributed by atoms with van der Waals surface area (Å²) in [6.07, 6.45) is 0.206. The zero-order chi connectivity index (χ0) is 24.7. The minimum Gasteiger partial charge on any atom is -0.476 e. The van der Waals surface area contributed by atoms with Gasteiger partial charge in [-0.25, -0.2) is 4.79 Å². The average Bonchev–Trinajstić information content (AvgIpc) is 3.00. The van der Waals surface area contributed by atoms with E-state index in [0.717, 1.165) is 16.2 Å². The number of Topliss-reactive ketones (excluding diaryl/α,β-unsaturated/α-hetero) is 1. The van der Waals surface area contributed by atoms with Crippen molar-refractivity contribution < 1.29 is 40.5 Å². The molecule has 0 unspecified atom stereocenters. The zero-order valence-electron chi connectivity index (χ0n) is 17.2. The summed E-state index contributed by atoms with van der Waals surface area (Å²) in [6.45, 7) is 1.14. The Bertz CT molecular complexity index is 1420. The first-order chi connectivity index (χ1) is 15.3. The number of aromatic carboxylic acids is 1. The lowest BCUT2D eigenvalue weighted by Gasteiger charge is -2.13. The number of halogens is 3. The van der Waals surface area contributed by atoms with Crippen molar-refractivity contribution in [2.75, 3.05) is 0 Å². The quantitative estimate of drug-likeness (QED) is 0.309. The second-order valence-corrected chi connectivity index (χ2v) is 8.49. The van der Waals surface area contributed by atoms with Crippen LogP contribution >= 0.6 is 0 Å². The number of carboxylic acids is 1. The monoisotopic (exact) mass is 486 g/mol. The second kappa shape index (κ2) is 8.39. The molecule has 0 saturated heterocycles. The van der Waals surface area contributed by atoms with Gasteiger partial charge in [-0.1, -0.05) is 37.3 Å². The molecule has 0 fully saturated rings. The van der Waals surface area contributed by atoms with Crippen molar-refractivity contribution in [3.63, 3.8) is 0 Å². The van der Waals surface area contributed by atoms with E-state index in [1.807, 2.05) is 0 Å². The summed E-state index contributed by atoms with van der Waals surface area (Å²) in [5.74, 6) is -3.58. The van der Waals surface area contributed by atoms with Crippen LogP contribution in [0.1, 0.15) is 33.5 Å². The topological polar surface area (TPSA) is 125 Å². The summed E-state index contributed by atoms with van der Waals surface area (Å²) in [4.78, 5) is 37.7.